The zero-order valence-electron chi connectivity index (χ0n) is 22.1. The Morgan fingerprint density at radius 3 is 1.22 bits per heavy atom. The van der Waals surface area contributed by atoms with Crippen LogP contribution in [0.25, 0.3) is 21.5 Å². The van der Waals surface area contributed by atoms with E-state index in [0.29, 0.717) is 12.6 Å². The van der Waals surface area contributed by atoms with Crippen LogP contribution in [-0.4, -0.2) is 22.8 Å². The molecule has 2 N–H and O–H groups in total. The second kappa shape index (κ2) is 14.0. The van der Waals surface area contributed by atoms with Crippen molar-refractivity contribution < 1.29 is 19.8 Å². The molecule has 0 fully saturated rings. The van der Waals surface area contributed by atoms with Gasteiger partial charge in [-0.25, -0.2) is 0 Å². The van der Waals surface area contributed by atoms with Crippen LogP contribution in [0.4, 0.5) is 0 Å². The lowest BCUT2D eigenvalue weighted by atomic mass is 9.85. The number of hydrogen-bond acceptors (Lipinski definition) is 4. The van der Waals surface area contributed by atoms with E-state index in [2.05, 4.69) is 13.8 Å². The fourth-order valence-corrected chi connectivity index (χ4v) is 5.39. The highest BCUT2D eigenvalue weighted by Crippen LogP contribution is 2.40. The van der Waals surface area contributed by atoms with Crippen LogP contribution in [-0.2, 0) is 12.8 Å². The molecule has 4 nitrogen and oxygen atoms in total. The van der Waals surface area contributed by atoms with E-state index in [-0.39, 0.29) is 22.6 Å². The van der Waals surface area contributed by atoms with Crippen LogP contribution in [0.2, 0.25) is 0 Å². The van der Waals surface area contributed by atoms with E-state index in [1.54, 1.807) is 24.3 Å². The van der Waals surface area contributed by atoms with Crippen LogP contribution in [0.15, 0.2) is 24.3 Å². The Morgan fingerprint density at radius 1 is 0.528 bits per heavy atom. The number of aryl methyl sites for hydroxylation is 2. The van der Waals surface area contributed by atoms with Crippen LogP contribution in [0.5, 0.6) is 11.5 Å². The predicted octanol–water partition coefficient (Wildman–Crippen LogP) is 8.84. The number of hydrogen-bond donors (Lipinski definition) is 2. The summed E-state index contributed by atoms with van der Waals surface area (Å²) in [5, 5.41) is 25.0. The standard InChI is InChI=1S/C32H42O4/c1-3-5-7-9-11-13-15-25-27-17-23(21-33)32(36)20-30(27)26(16-14-12-10-8-6-4-2)28-18-24(22-34)31(35)19-29(25)28/h17-22,35-36H,3-16H2,1-2H3. The van der Waals surface area contributed by atoms with Crippen molar-refractivity contribution in [1.29, 1.82) is 0 Å². The molecule has 0 unspecified atom stereocenters. The molecule has 0 bridgehead atoms. The maximum absolute atomic E-state index is 11.7. The van der Waals surface area contributed by atoms with Crippen molar-refractivity contribution in [1.82, 2.24) is 0 Å². The molecule has 0 radical (unpaired) electrons. The molecule has 0 aliphatic rings. The Hall–Kier alpha value is -2.88. The average Bonchev–Trinajstić information content (AvgIpc) is 2.88. The number of phenolic OH excluding ortho intramolecular Hbond substituents is 2. The first-order valence-corrected chi connectivity index (χ1v) is 13.9. The summed E-state index contributed by atoms with van der Waals surface area (Å²) in [6.45, 7) is 4.43. The van der Waals surface area contributed by atoms with Crippen LogP contribution >= 0.6 is 0 Å². The molecule has 3 aromatic carbocycles. The van der Waals surface area contributed by atoms with Crippen molar-refractivity contribution in [2.75, 3.05) is 0 Å². The molecule has 0 saturated heterocycles. The molecular weight excluding hydrogens is 448 g/mol. The molecule has 36 heavy (non-hydrogen) atoms. The molecule has 4 heteroatoms. The maximum Gasteiger partial charge on any atom is 0.153 e. The Bertz CT molecular complexity index is 1080. The minimum atomic E-state index is -0.0130. The van der Waals surface area contributed by atoms with Gasteiger partial charge in [-0.1, -0.05) is 78.1 Å². The third kappa shape index (κ3) is 6.66. The van der Waals surface area contributed by atoms with Gasteiger partial charge in [-0.2, -0.15) is 0 Å². The van der Waals surface area contributed by atoms with Crippen molar-refractivity contribution in [2.45, 2.75) is 104 Å². The third-order valence-corrected chi connectivity index (χ3v) is 7.45. The van der Waals surface area contributed by atoms with Gasteiger partial charge in [0.25, 0.3) is 0 Å². The predicted molar refractivity (Wildman–Crippen MR) is 150 cm³/mol. The zero-order chi connectivity index (χ0) is 25.9. The number of aromatic hydroxyl groups is 2. The summed E-state index contributed by atoms with van der Waals surface area (Å²) in [4.78, 5) is 23.4. The molecule has 0 spiro atoms. The first-order valence-electron chi connectivity index (χ1n) is 13.9. The molecule has 0 atom stereocenters. The minimum Gasteiger partial charge on any atom is -0.507 e. The van der Waals surface area contributed by atoms with Crippen molar-refractivity contribution >= 4 is 34.1 Å². The van der Waals surface area contributed by atoms with E-state index < -0.39 is 0 Å². The molecule has 0 amide bonds. The summed E-state index contributed by atoms with van der Waals surface area (Å²) in [5.41, 5.74) is 2.73. The molecule has 0 aromatic heterocycles. The Labute approximate surface area is 215 Å². The van der Waals surface area contributed by atoms with Gasteiger partial charge in [-0.05, 0) is 82.6 Å². The number of rotatable bonds is 16. The van der Waals surface area contributed by atoms with Gasteiger partial charge in [0, 0.05) is 0 Å². The van der Waals surface area contributed by atoms with Gasteiger partial charge >= 0.3 is 0 Å². The molecule has 3 rings (SSSR count). The Balaban J connectivity index is 2.10. The van der Waals surface area contributed by atoms with Gasteiger partial charge in [-0.3, -0.25) is 9.59 Å². The largest absolute Gasteiger partial charge is 0.507 e. The van der Waals surface area contributed by atoms with Crippen LogP contribution in [0.1, 0.15) is 123 Å². The molecular formula is C32H42O4. The van der Waals surface area contributed by atoms with Crippen molar-refractivity contribution in [2.24, 2.45) is 0 Å². The lowest BCUT2D eigenvalue weighted by Gasteiger charge is -2.19. The summed E-state index contributed by atoms with van der Waals surface area (Å²) in [7, 11) is 0. The molecule has 0 aliphatic carbocycles. The van der Waals surface area contributed by atoms with E-state index in [0.717, 1.165) is 71.2 Å². The SMILES string of the molecule is CCCCCCCCc1c2cc(O)c(C=O)cc2c(CCCCCCCC)c2cc(O)c(C=O)cc12. The summed E-state index contributed by atoms with van der Waals surface area (Å²) in [5.74, 6) is -0.0260. The summed E-state index contributed by atoms with van der Waals surface area (Å²) in [6.07, 6.45) is 17.1. The van der Waals surface area contributed by atoms with Gasteiger partial charge in [0.15, 0.2) is 12.6 Å². The van der Waals surface area contributed by atoms with Crippen LogP contribution < -0.4 is 0 Å². The first kappa shape index (κ1) is 27.7. The molecule has 0 aliphatic heterocycles. The first-order chi connectivity index (χ1) is 17.5. The highest BCUT2D eigenvalue weighted by molar-refractivity contribution is 6.09. The molecule has 0 heterocycles. The minimum absolute atomic E-state index is 0.0130. The van der Waals surface area contributed by atoms with Gasteiger partial charge in [0.2, 0.25) is 0 Å². The fourth-order valence-electron chi connectivity index (χ4n) is 5.39. The number of carbonyl (C=O) groups excluding carboxylic acids is 2. The second-order valence-electron chi connectivity index (χ2n) is 10.1. The normalized spacial score (nSPS) is 11.4. The van der Waals surface area contributed by atoms with E-state index in [1.807, 2.05) is 0 Å². The number of unbranched alkanes of at least 4 members (excludes halogenated alkanes) is 10. The molecule has 3 aromatic rings. The maximum atomic E-state index is 11.7. The number of fused-ring (bicyclic) bond motifs is 2. The second-order valence-corrected chi connectivity index (χ2v) is 10.1. The van der Waals surface area contributed by atoms with Crippen molar-refractivity contribution in [3.63, 3.8) is 0 Å². The van der Waals surface area contributed by atoms with Crippen LogP contribution in [0, 0.1) is 0 Å². The third-order valence-electron chi connectivity index (χ3n) is 7.45. The summed E-state index contributed by atoms with van der Waals surface area (Å²) >= 11 is 0. The quantitative estimate of drug-likeness (QED) is 0.119. The topological polar surface area (TPSA) is 74.6 Å². The monoisotopic (exact) mass is 490 g/mol. The van der Waals surface area contributed by atoms with E-state index in [4.69, 9.17) is 0 Å². The molecule has 194 valence electrons. The Kier molecular flexibility index (Phi) is 10.8. The van der Waals surface area contributed by atoms with Crippen molar-refractivity contribution in [3.05, 3.63) is 46.5 Å². The smallest absolute Gasteiger partial charge is 0.153 e. The summed E-state index contributed by atoms with van der Waals surface area (Å²) in [6, 6.07) is 7.06. The fraction of sp³-hybridized carbons (Fsp3) is 0.500. The Morgan fingerprint density at radius 2 is 0.861 bits per heavy atom. The number of aldehydes is 2. The van der Waals surface area contributed by atoms with Gasteiger partial charge < -0.3 is 10.2 Å². The highest BCUT2D eigenvalue weighted by atomic mass is 16.3. The number of carbonyl (C=O) groups is 2. The van der Waals surface area contributed by atoms with Gasteiger partial charge in [-0.15, -0.1) is 0 Å². The van der Waals surface area contributed by atoms with E-state index in [1.165, 1.54) is 51.4 Å². The zero-order valence-corrected chi connectivity index (χ0v) is 22.1. The lowest BCUT2D eigenvalue weighted by Crippen LogP contribution is -2.00. The van der Waals surface area contributed by atoms with Gasteiger partial charge in [0.1, 0.15) is 11.5 Å². The van der Waals surface area contributed by atoms with Crippen molar-refractivity contribution in [3.8, 4) is 11.5 Å². The number of phenols is 2. The summed E-state index contributed by atoms with van der Waals surface area (Å²) < 4.78 is 0. The number of benzene rings is 3. The lowest BCUT2D eigenvalue weighted by molar-refractivity contribution is 0.111. The van der Waals surface area contributed by atoms with E-state index >= 15 is 0 Å². The van der Waals surface area contributed by atoms with E-state index in [9.17, 15) is 19.8 Å². The van der Waals surface area contributed by atoms with Crippen LogP contribution in [0.3, 0.4) is 0 Å². The highest BCUT2D eigenvalue weighted by Gasteiger charge is 2.18. The van der Waals surface area contributed by atoms with Gasteiger partial charge in [0.05, 0.1) is 11.1 Å². The average molecular weight is 491 g/mol. The molecule has 0 saturated carbocycles.